The largest absolute Gasteiger partial charge is 0.381 e. The van der Waals surface area contributed by atoms with Crippen molar-refractivity contribution < 1.29 is 9.47 Å². The van der Waals surface area contributed by atoms with E-state index in [-0.39, 0.29) is 5.54 Å². The summed E-state index contributed by atoms with van der Waals surface area (Å²) in [6.07, 6.45) is 2.23. The fraction of sp³-hybridized carbons (Fsp3) is 0.706. The van der Waals surface area contributed by atoms with Crippen molar-refractivity contribution in [1.82, 2.24) is 10.3 Å². The van der Waals surface area contributed by atoms with E-state index in [0.29, 0.717) is 12.5 Å². The number of nitrogens with one attached hydrogen (secondary N) is 1. The number of rotatable bonds is 6. The summed E-state index contributed by atoms with van der Waals surface area (Å²) in [5.74, 6) is 0.643. The Morgan fingerprint density at radius 1 is 1.24 bits per heavy atom. The first-order valence-electron chi connectivity index (χ1n) is 7.88. The number of hydrogen-bond donors (Lipinski definition) is 1. The molecule has 1 aromatic heterocycles. The second-order valence-corrected chi connectivity index (χ2v) is 6.79. The minimum atomic E-state index is 0.108. The lowest BCUT2D eigenvalue weighted by atomic mass is 10.0. The first kappa shape index (κ1) is 16.4. The van der Waals surface area contributed by atoms with Gasteiger partial charge in [0.15, 0.2) is 0 Å². The highest BCUT2D eigenvalue weighted by atomic mass is 16.5. The SMILES string of the molecule is CC(C)(C)NCc1cccc(COCC2CCOCC2)n1. The zero-order chi connectivity index (χ0) is 15.1. The number of hydrogen-bond acceptors (Lipinski definition) is 4. The van der Waals surface area contributed by atoms with Crippen molar-refractivity contribution in [2.75, 3.05) is 19.8 Å². The second kappa shape index (κ2) is 7.87. The Kier molecular flexibility index (Phi) is 6.15. The monoisotopic (exact) mass is 292 g/mol. The molecule has 0 radical (unpaired) electrons. The third kappa shape index (κ3) is 6.55. The summed E-state index contributed by atoms with van der Waals surface area (Å²) >= 11 is 0. The van der Waals surface area contributed by atoms with Gasteiger partial charge in [-0.25, -0.2) is 0 Å². The highest BCUT2D eigenvalue weighted by molar-refractivity contribution is 5.10. The summed E-state index contributed by atoms with van der Waals surface area (Å²) in [6, 6.07) is 6.14. The molecule has 1 aliphatic heterocycles. The lowest BCUT2D eigenvalue weighted by Gasteiger charge is -2.22. The molecule has 0 bridgehead atoms. The van der Waals surface area contributed by atoms with Gasteiger partial charge in [0.1, 0.15) is 0 Å². The molecular formula is C17H28N2O2. The van der Waals surface area contributed by atoms with Crippen LogP contribution in [0.4, 0.5) is 0 Å². The molecule has 2 rings (SSSR count). The molecule has 4 nitrogen and oxygen atoms in total. The van der Waals surface area contributed by atoms with Gasteiger partial charge in [-0.05, 0) is 51.7 Å². The number of nitrogens with zero attached hydrogens (tertiary/aromatic N) is 1. The molecule has 0 spiro atoms. The quantitative estimate of drug-likeness (QED) is 0.875. The topological polar surface area (TPSA) is 43.4 Å². The van der Waals surface area contributed by atoms with Crippen molar-refractivity contribution in [2.45, 2.75) is 52.3 Å². The van der Waals surface area contributed by atoms with E-state index in [9.17, 15) is 0 Å². The smallest absolute Gasteiger partial charge is 0.0888 e. The van der Waals surface area contributed by atoms with Crippen LogP contribution in [0.5, 0.6) is 0 Å². The average molecular weight is 292 g/mol. The second-order valence-electron chi connectivity index (χ2n) is 6.79. The first-order chi connectivity index (χ1) is 10.0. The van der Waals surface area contributed by atoms with Gasteiger partial charge in [0, 0.05) is 25.3 Å². The van der Waals surface area contributed by atoms with Crippen LogP contribution in [-0.2, 0) is 22.6 Å². The fourth-order valence-corrected chi connectivity index (χ4v) is 2.31. The average Bonchev–Trinajstić information content (AvgIpc) is 2.46. The molecule has 4 heteroatoms. The van der Waals surface area contributed by atoms with Crippen molar-refractivity contribution >= 4 is 0 Å². The minimum absolute atomic E-state index is 0.108. The van der Waals surface area contributed by atoms with Crippen LogP contribution in [0.25, 0.3) is 0 Å². The van der Waals surface area contributed by atoms with E-state index >= 15 is 0 Å². The third-order valence-corrected chi connectivity index (χ3v) is 3.61. The lowest BCUT2D eigenvalue weighted by molar-refractivity contribution is 0.0150. The molecule has 21 heavy (non-hydrogen) atoms. The van der Waals surface area contributed by atoms with Crippen molar-refractivity contribution in [3.8, 4) is 0 Å². The van der Waals surface area contributed by atoms with Gasteiger partial charge in [-0.2, -0.15) is 0 Å². The zero-order valence-electron chi connectivity index (χ0n) is 13.5. The molecule has 1 aromatic rings. The molecule has 1 aliphatic rings. The summed E-state index contributed by atoms with van der Waals surface area (Å²) in [7, 11) is 0. The maximum Gasteiger partial charge on any atom is 0.0888 e. The Bertz CT molecular complexity index is 423. The van der Waals surface area contributed by atoms with Crippen LogP contribution < -0.4 is 5.32 Å². The van der Waals surface area contributed by atoms with E-state index in [0.717, 1.165) is 50.6 Å². The molecule has 1 N–H and O–H groups in total. The molecule has 0 unspecified atom stereocenters. The molecule has 0 saturated carbocycles. The van der Waals surface area contributed by atoms with E-state index < -0.39 is 0 Å². The lowest BCUT2D eigenvalue weighted by Crippen LogP contribution is -2.35. The van der Waals surface area contributed by atoms with E-state index in [2.05, 4.69) is 43.2 Å². The molecule has 0 amide bonds. The summed E-state index contributed by atoms with van der Waals surface area (Å²) in [5.41, 5.74) is 2.18. The van der Waals surface area contributed by atoms with Crippen molar-refractivity contribution in [1.29, 1.82) is 0 Å². The molecule has 118 valence electrons. The van der Waals surface area contributed by atoms with Crippen LogP contribution in [0.1, 0.15) is 45.0 Å². The van der Waals surface area contributed by atoms with Crippen LogP contribution >= 0.6 is 0 Å². The minimum Gasteiger partial charge on any atom is -0.381 e. The molecule has 0 aliphatic carbocycles. The van der Waals surface area contributed by atoms with E-state index in [1.807, 2.05) is 6.07 Å². The van der Waals surface area contributed by atoms with Crippen LogP contribution in [0.15, 0.2) is 18.2 Å². The Morgan fingerprint density at radius 2 is 1.95 bits per heavy atom. The Balaban J connectivity index is 1.75. The van der Waals surface area contributed by atoms with E-state index in [1.54, 1.807) is 0 Å². The summed E-state index contributed by atoms with van der Waals surface area (Å²) in [6.45, 7) is 10.4. The van der Waals surface area contributed by atoms with Gasteiger partial charge in [0.2, 0.25) is 0 Å². The van der Waals surface area contributed by atoms with Gasteiger partial charge in [0.05, 0.1) is 24.6 Å². The Labute approximate surface area is 128 Å². The number of ether oxygens (including phenoxy) is 2. The zero-order valence-corrected chi connectivity index (χ0v) is 13.5. The van der Waals surface area contributed by atoms with Gasteiger partial charge in [-0.15, -0.1) is 0 Å². The summed E-state index contributed by atoms with van der Waals surface area (Å²) < 4.78 is 11.2. The first-order valence-corrected chi connectivity index (χ1v) is 7.88. The van der Waals surface area contributed by atoms with Gasteiger partial charge in [0.25, 0.3) is 0 Å². The molecule has 1 fully saturated rings. The molecule has 2 heterocycles. The van der Waals surface area contributed by atoms with Crippen molar-refractivity contribution in [3.05, 3.63) is 29.6 Å². The predicted octanol–water partition coefficient (Wildman–Crippen LogP) is 2.91. The fourth-order valence-electron chi connectivity index (χ4n) is 2.31. The highest BCUT2D eigenvalue weighted by Crippen LogP contribution is 2.15. The van der Waals surface area contributed by atoms with E-state index in [1.165, 1.54) is 0 Å². The third-order valence-electron chi connectivity index (χ3n) is 3.61. The normalized spacial score (nSPS) is 17.1. The number of aromatic nitrogens is 1. The van der Waals surface area contributed by atoms with Crippen LogP contribution in [0.3, 0.4) is 0 Å². The maximum absolute atomic E-state index is 5.82. The maximum atomic E-state index is 5.82. The summed E-state index contributed by atoms with van der Waals surface area (Å²) in [4.78, 5) is 4.65. The highest BCUT2D eigenvalue weighted by Gasteiger charge is 2.14. The van der Waals surface area contributed by atoms with Crippen molar-refractivity contribution in [2.24, 2.45) is 5.92 Å². The molecule has 1 saturated heterocycles. The van der Waals surface area contributed by atoms with Gasteiger partial charge < -0.3 is 14.8 Å². The summed E-state index contributed by atoms with van der Waals surface area (Å²) in [5, 5.41) is 3.46. The Hall–Kier alpha value is -0.970. The van der Waals surface area contributed by atoms with Crippen LogP contribution in [0, 0.1) is 5.92 Å². The van der Waals surface area contributed by atoms with Gasteiger partial charge >= 0.3 is 0 Å². The van der Waals surface area contributed by atoms with E-state index in [4.69, 9.17) is 9.47 Å². The van der Waals surface area contributed by atoms with Gasteiger partial charge in [-0.1, -0.05) is 6.07 Å². The number of pyridine rings is 1. The molecular weight excluding hydrogens is 264 g/mol. The van der Waals surface area contributed by atoms with Crippen LogP contribution in [0.2, 0.25) is 0 Å². The standard InChI is InChI=1S/C17H28N2O2/c1-17(2,3)18-11-15-5-4-6-16(19-15)13-21-12-14-7-9-20-10-8-14/h4-6,14,18H,7-13H2,1-3H3. The molecule has 0 atom stereocenters. The van der Waals surface area contributed by atoms with Gasteiger partial charge in [-0.3, -0.25) is 4.98 Å². The van der Waals surface area contributed by atoms with Crippen LogP contribution in [-0.4, -0.2) is 30.3 Å². The Morgan fingerprint density at radius 3 is 2.67 bits per heavy atom. The molecule has 0 aromatic carbocycles. The predicted molar refractivity (Wildman–Crippen MR) is 84.0 cm³/mol. The van der Waals surface area contributed by atoms with Crippen molar-refractivity contribution in [3.63, 3.8) is 0 Å².